The molecule has 1 rings (SSSR count). The van der Waals surface area contributed by atoms with Gasteiger partial charge in [-0.2, -0.15) is 0 Å². The van der Waals surface area contributed by atoms with E-state index in [9.17, 15) is 0 Å². The predicted octanol–water partition coefficient (Wildman–Crippen LogP) is 0.933. The van der Waals surface area contributed by atoms with Gasteiger partial charge in [0.2, 0.25) is 0 Å². The van der Waals surface area contributed by atoms with Crippen LogP contribution >= 0.6 is 24.0 Å². The maximum absolute atomic E-state index is 5.43. The van der Waals surface area contributed by atoms with E-state index in [1.807, 2.05) is 0 Å². The first-order valence-electron chi connectivity index (χ1n) is 8.56. The van der Waals surface area contributed by atoms with Crippen LogP contribution in [0.15, 0.2) is 4.99 Å². The Labute approximate surface area is 163 Å². The molecular formula is C16H35IN4O3. The molecule has 0 aromatic rings. The van der Waals surface area contributed by atoms with Crippen molar-refractivity contribution in [2.45, 2.75) is 25.3 Å². The van der Waals surface area contributed by atoms with Crippen molar-refractivity contribution in [2.24, 2.45) is 4.99 Å². The smallest absolute Gasteiger partial charge is 0.191 e. The van der Waals surface area contributed by atoms with Crippen LogP contribution in [0.3, 0.4) is 0 Å². The molecular weight excluding hydrogens is 423 g/mol. The number of nitrogens with zero attached hydrogens (tertiary/aromatic N) is 2. The van der Waals surface area contributed by atoms with Gasteiger partial charge in [-0.1, -0.05) is 0 Å². The number of guanidine groups is 1. The number of hydrogen-bond donors (Lipinski definition) is 2. The molecule has 0 aromatic carbocycles. The summed E-state index contributed by atoms with van der Waals surface area (Å²) in [6.07, 6.45) is 3.59. The zero-order valence-corrected chi connectivity index (χ0v) is 17.7. The van der Waals surface area contributed by atoms with E-state index in [4.69, 9.17) is 14.2 Å². The molecule has 2 N–H and O–H groups in total. The Bertz CT molecular complexity index is 318. The number of halogens is 1. The van der Waals surface area contributed by atoms with Gasteiger partial charge in [0.05, 0.1) is 19.8 Å². The lowest BCUT2D eigenvalue weighted by atomic mass is 10.4. The molecule has 144 valence electrons. The van der Waals surface area contributed by atoms with Crippen LogP contribution in [0.5, 0.6) is 0 Å². The van der Waals surface area contributed by atoms with Gasteiger partial charge in [-0.25, -0.2) is 0 Å². The van der Waals surface area contributed by atoms with E-state index < -0.39 is 0 Å². The average molecular weight is 458 g/mol. The summed E-state index contributed by atoms with van der Waals surface area (Å²) in [6, 6.07) is 0.756. The van der Waals surface area contributed by atoms with Gasteiger partial charge in [-0.15, -0.1) is 24.0 Å². The number of ether oxygens (including phenoxy) is 3. The van der Waals surface area contributed by atoms with Crippen molar-refractivity contribution in [3.05, 3.63) is 0 Å². The van der Waals surface area contributed by atoms with Gasteiger partial charge in [0.1, 0.15) is 0 Å². The summed E-state index contributed by atoms with van der Waals surface area (Å²) < 4.78 is 15.5. The van der Waals surface area contributed by atoms with Gasteiger partial charge in [0, 0.05) is 60.1 Å². The molecule has 8 heteroatoms. The minimum Gasteiger partial charge on any atom is -0.383 e. The van der Waals surface area contributed by atoms with Gasteiger partial charge in [-0.3, -0.25) is 9.89 Å². The second-order valence-electron chi connectivity index (χ2n) is 5.64. The van der Waals surface area contributed by atoms with Crippen LogP contribution in [0.1, 0.15) is 19.3 Å². The molecule has 0 aromatic heterocycles. The zero-order chi connectivity index (χ0) is 16.8. The summed E-state index contributed by atoms with van der Waals surface area (Å²) in [5.74, 6) is 0.851. The maximum Gasteiger partial charge on any atom is 0.191 e. The van der Waals surface area contributed by atoms with Crippen molar-refractivity contribution in [2.75, 3.05) is 73.9 Å². The van der Waals surface area contributed by atoms with Crippen molar-refractivity contribution in [3.63, 3.8) is 0 Å². The quantitative estimate of drug-likeness (QED) is 0.175. The minimum absolute atomic E-state index is 0. The minimum atomic E-state index is 0. The molecule has 24 heavy (non-hydrogen) atoms. The third-order valence-corrected chi connectivity index (χ3v) is 3.75. The molecule has 7 nitrogen and oxygen atoms in total. The highest BCUT2D eigenvalue weighted by atomic mass is 127. The average Bonchev–Trinajstić information content (AvgIpc) is 3.40. The second-order valence-corrected chi connectivity index (χ2v) is 5.64. The maximum atomic E-state index is 5.43. The normalized spacial score (nSPS) is 14.6. The van der Waals surface area contributed by atoms with E-state index in [2.05, 4.69) is 20.5 Å². The molecule has 0 aliphatic heterocycles. The summed E-state index contributed by atoms with van der Waals surface area (Å²) >= 11 is 0. The van der Waals surface area contributed by atoms with E-state index in [0.717, 1.165) is 57.8 Å². The number of rotatable bonds is 14. The summed E-state index contributed by atoms with van der Waals surface area (Å²) in [4.78, 5) is 6.74. The second kappa shape index (κ2) is 16.3. The lowest BCUT2D eigenvalue weighted by molar-refractivity contribution is 0.0698. The first-order valence-corrected chi connectivity index (χ1v) is 8.56. The first kappa shape index (κ1) is 23.8. The Morgan fingerprint density at radius 2 is 1.71 bits per heavy atom. The van der Waals surface area contributed by atoms with Crippen molar-refractivity contribution < 1.29 is 14.2 Å². The SMILES string of the molecule is CN=C(NCCCOCCOC)NCCN(CCOC)C1CC1.I. The highest BCUT2D eigenvalue weighted by Gasteiger charge is 2.28. The lowest BCUT2D eigenvalue weighted by Crippen LogP contribution is -2.43. The molecule has 1 aliphatic carbocycles. The van der Waals surface area contributed by atoms with Crippen LogP contribution in [-0.2, 0) is 14.2 Å². The first-order chi connectivity index (χ1) is 11.3. The van der Waals surface area contributed by atoms with Crippen LogP contribution in [0.25, 0.3) is 0 Å². The van der Waals surface area contributed by atoms with Gasteiger partial charge in [-0.05, 0) is 19.3 Å². The number of hydrogen-bond acceptors (Lipinski definition) is 5. The Balaban J connectivity index is 0.00000529. The fourth-order valence-corrected chi connectivity index (χ4v) is 2.29. The van der Waals surface area contributed by atoms with E-state index in [1.54, 1.807) is 21.3 Å². The largest absolute Gasteiger partial charge is 0.383 e. The molecule has 0 amide bonds. The fraction of sp³-hybridized carbons (Fsp3) is 0.938. The van der Waals surface area contributed by atoms with Gasteiger partial charge in [0.25, 0.3) is 0 Å². The fourth-order valence-electron chi connectivity index (χ4n) is 2.29. The summed E-state index contributed by atoms with van der Waals surface area (Å²) in [5.41, 5.74) is 0. The molecule has 1 aliphatic rings. The zero-order valence-electron chi connectivity index (χ0n) is 15.4. The van der Waals surface area contributed by atoms with Crippen LogP contribution in [0.2, 0.25) is 0 Å². The molecule has 0 heterocycles. The van der Waals surface area contributed by atoms with Gasteiger partial charge in [0.15, 0.2) is 5.96 Å². The summed E-state index contributed by atoms with van der Waals surface area (Å²) in [6.45, 7) is 6.61. The lowest BCUT2D eigenvalue weighted by Gasteiger charge is -2.22. The molecule has 0 radical (unpaired) electrons. The molecule has 0 atom stereocenters. The van der Waals surface area contributed by atoms with Crippen LogP contribution in [0.4, 0.5) is 0 Å². The van der Waals surface area contributed by atoms with Crippen molar-refractivity contribution >= 4 is 29.9 Å². The molecule has 0 saturated heterocycles. The van der Waals surface area contributed by atoms with E-state index in [0.29, 0.717) is 13.2 Å². The van der Waals surface area contributed by atoms with Gasteiger partial charge >= 0.3 is 0 Å². The molecule has 0 spiro atoms. The molecule has 1 saturated carbocycles. The molecule has 1 fully saturated rings. The summed E-state index contributed by atoms with van der Waals surface area (Å²) in [5, 5.41) is 6.67. The highest BCUT2D eigenvalue weighted by molar-refractivity contribution is 14.0. The van der Waals surface area contributed by atoms with Crippen molar-refractivity contribution in [1.82, 2.24) is 15.5 Å². The third-order valence-electron chi connectivity index (χ3n) is 3.75. The Hall–Kier alpha value is -0.160. The monoisotopic (exact) mass is 458 g/mol. The Kier molecular flexibility index (Phi) is 16.2. The predicted molar refractivity (Wildman–Crippen MR) is 109 cm³/mol. The standard InChI is InChI=1S/C16H34N4O3.HI/c1-17-16(18-7-4-11-23-14-13-22-3)19-8-9-20(10-12-21-2)15-5-6-15;/h15H,4-14H2,1-3H3,(H2,17,18,19);1H. The Morgan fingerprint density at radius 1 is 1.00 bits per heavy atom. The summed E-state index contributed by atoms with van der Waals surface area (Å²) in [7, 11) is 5.24. The van der Waals surface area contributed by atoms with Crippen LogP contribution in [0, 0.1) is 0 Å². The van der Waals surface area contributed by atoms with E-state index in [1.165, 1.54) is 12.8 Å². The van der Waals surface area contributed by atoms with E-state index in [-0.39, 0.29) is 24.0 Å². The van der Waals surface area contributed by atoms with Crippen molar-refractivity contribution in [3.8, 4) is 0 Å². The number of nitrogens with one attached hydrogen (secondary N) is 2. The topological polar surface area (TPSA) is 67.4 Å². The molecule has 0 bridgehead atoms. The Morgan fingerprint density at radius 3 is 2.33 bits per heavy atom. The van der Waals surface area contributed by atoms with Crippen LogP contribution in [-0.4, -0.2) is 90.8 Å². The molecule has 0 unspecified atom stereocenters. The highest BCUT2D eigenvalue weighted by Crippen LogP contribution is 2.25. The number of aliphatic imine (C=N–C) groups is 1. The van der Waals surface area contributed by atoms with Crippen LogP contribution < -0.4 is 10.6 Å². The number of methoxy groups -OCH3 is 2. The van der Waals surface area contributed by atoms with Crippen molar-refractivity contribution in [1.29, 1.82) is 0 Å². The van der Waals surface area contributed by atoms with E-state index >= 15 is 0 Å². The third kappa shape index (κ3) is 12.2. The van der Waals surface area contributed by atoms with Gasteiger partial charge < -0.3 is 24.8 Å².